The second-order valence-corrected chi connectivity index (χ2v) is 5.89. The molecule has 2 heterocycles. The second kappa shape index (κ2) is 6.40. The highest BCUT2D eigenvalue weighted by atomic mass is 19.1. The number of carbonyl (C=O) groups is 2. The number of nitrogens with zero attached hydrogens (tertiary/aromatic N) is 1. The van der Waals surface area contributed by atoms with Gasteiger partial charge in [0.1, 0.15) is 0 Å². The van der Waals surface area contributed by atoms with Gasteiger partial charge >= 0.3 is 0 Å². The van der Waals surface area contributed by atoms with Gasteiger partial charge in [0.15, 0.2) is 0 Å². The lowest BCUT2D eigenvalue weighted by atomic mass is 9.96. The minimum absolute atomic E-state index is 0.250. The Morgan fingerprint density at radius 2 is 1.88 bits per heavy atom. The quantitative estimate of drug-likeness (QED) is 0.714. The number of pyridine rings is 1. The van der Waals surface area contributed by atoms with Crippen LogP contribution in [0.15, 0.2) is 60.8 Å². The first kappa shape index (κ1) is 16.0. The standard InChI is InChI=1S/C20H14FN3O2/c21-17-9-6-13(10-22-17)14-7-8-16(18-15(14)11-23-20(18)26)24-19(25)12-4-2-1-3-5-12/h1-10H,11H2,(H,23,26)(H,24,25). The van der Waals surface area contributed by atoms with Gasteiger partial charge in [-0.1, -0.05) is 24.3 Å². The van der Waals surface area contributed by atoms with E-state index in [1.54, 1.807) is 42.5 Å². The zero-order chi connectivity index (χ0) is 18.1. The highest BCUT2D eigenvalue weighted by molar-refractivity contribution is 6.11. The van der Waals surface area contributed by atoms with E-state index in [9.17, 15) is 14.0 Å². The third-order valence-electron chi connectivity index (χ3n) is 4.29. The molecule has 0 saturated carbocycles. The highest BCUT2D eigenvalue weighted by Crippen LogP contribution is 2.34. The second-order valence-electron chi connectivity index (χ2n) is 5.89. The van der Waals surface area contributed by atoms with Crippen molar-refractivity contribution < 1.29 is 14.0 Å². The molecule has 1 aromatic heterocycles. The maximum Gasteiger partial charge on any atom is 0.255 e. The van der Waals surface area contributed by atoms with Gasteiger partial charge in [0, 0.05) is 23.9 Å². The smallest absolute Gasteiger partial charge is 0.255 e. The van der Waals surface area contributed by atoms with E-state index in [1.807, 2.05) is 6.07 Å². The van der Waals surface area contributed by atoms with Crippen LogP contribution in [0.25, 0.3) is 11.1 Å². The molecule has 2 aromatic carbocycles. The molecule has 1 aliphatic heterocycles. The van der Waals surface area contributed by atoms with E-state index in [0.29, 0.717) is 28.9 Å². The molecule has 128 valence electrons. The maximum atomic E-state index is 13.1. The lowest BCUT2D eigenvalue weighted by molar-refractivity contribution is 0.0966. The van der Waals surface area contributed by atoms with Crippen LogP contribution in [0.4, 0.5) is 10.1 Å². The first-order valence-corrected chi connectivity index (χ1v) is 8.06. The molecule has 2 amide bonds. The average molecular weight is 347 g/mol. The van der Waals surface area contributed by atoms with E-state index in [0.717, 1.165) is 11.1 Å². The van der Waals surface area contributed by atoms with Gasteiger partial charge in [0.25, 0.3) is 11.8 Å². The van der Waals surface area contributed by atoms with Gasteiger partial charge in [0.05, 0.1) is 11.3 Å². The van der Waals surface area contributed by atoms with Gasteiger partial charge < -0.3 is 10.6 Å². The monoisotopic (exact) mass is 347 g/mol. The number of fused-ring (bicyclic) bond motifs is 1. The molecule has 6 heteroatoms. The molecule has 26 heavy (non-hydrogen) atoms. The lowest BCUT2D eigenvalue weighted by Crippen LogP contribution is -2.17. The van der Waals surface area contributed by atoms with E-state index in [1.165, 1.54) is 12.3 Å². The number of benzene rings is 2. The summed E-state index contributed by atoms with van der Waals surface area (Å²) < 4.78 is 13.1. The maximum absolute atomic E-state index is 13.1. The number of carbonyl (C=O) groups excluding carboxylic acids is 2. The molecule has 5 nitrogen and oxygen atoms in total. The van der Waals surface area contributed by atoms with Crippen LogP contribution in [0.1, 0.15) is 26.3 Å². The van der Waals surface area contributed by atoms with Crippen LogP contribution in [-0.2, 0) is 6.54 Å². The molecule has 0 bridgehead atoms. The number of hydrogen-bond donors (Lipinski definition) is 2. The number of amides is 2. The van der Waals surface area contributed by atoms with Crippen molar-refractivity contribution in [1.29, 1.82) is 0 Å². The molecule has 0 fully saturated rings. The predicted octanol–water partition coefficient (Wildman–Crippen LogP) is 3.38. The number of hydrogen-bond acceptors (Lipinski definition) is 3. The number of aromatic nitrogens is 1. The number of anilines is 1. The average Bonchev–Trinajstić information content (AvgIpc) is 3.06. The molecule has 1 aliphatic rings. The van der Waals surface area contributed by atoms with Gasteiger partial charge in [-0.25, -0.2) is 4.98 Å². The summed E-state index contributed by atoms with van der Waals surface area (Å²) >= 11 is 0. The fourth-order valence-electron chi connectivity index (χ4n) is 3.04. The molecular formula is C20H14FN3O2. The SMILES string of the molecule is O=C(Nc1ccc(-c2ccc(F)nc2)c2c1C(=O)NC2)c1ccccc1. The third kappa shape index (κ3) is 2.82. The van der Waals surface area contributed by atoms with Crippen LogP contribution in [0.3, 0.4) is 0 Å². The molecule has 0 spiro atoms. The summed E-state index contributed by atoms with van der Waals surface area (Å²) in [4.78, 5) is 28.4. The Morgan fingerprint density at radius 1 is 1.08 bits per heavy atom. The van der Waals surface area contributed by atoms with Crippen LogP contribution >= 0.6 is 0 Å². The van der Waals surface area contributed by atoms with Crippen molar-refractivity contribution >= 4 is 17.5 Å². The molecule has 0 unspecified atom stereocenters. The molecule has 0 atom stereocenters. The number of halogens is 1. The van der Waals surface area contributed by atoms with E-state index in [-0.39, 0.29) is 11.8 Å². The lowest BCUT2D eigenvalue weighted by Gasteiger charge is -2.12. The van der Waals surface area contributed by atoms with E-state index in [4.69, 9.17) is 0 Å². The van der Waals surface area contributed by atoms with Crippen LogP contribution < -0.4 is 10.6 Å². The fraction of sp³-hybridized carbons (Fsp3) is 0.0500. The van der Waals surface area contributed by atoms with Crippen molar-refractivity contribution in [2.45, 2.75) is 6.54 Å². The van der Waals surface area contributed by atoms with Crippen molar-refractivity contribution in [3.8, 4) is 11.1 Å². The number of nitrogens with one attached hydrogen (secondary N) is 2. The Bertz CT molecular complexity index is 1000. The summed E-state index contributed by atoms with van der Waals surface area (Å²) in [5.74, 6) is -1.10. The minimum Gasteiger partial charge on any atom is -0.348 e. The van der Waals surface area contributed by atoms with Crippen molar-refractivity contribution in [2.75, 3.05) is 5.32 Å². The first-order chi connectivity index (χ1) is 12.6. The molecule has 2 N–H and O–H groups in total. The Morgan fingerprint density at radius 3 is 2.62 bits per heavy atom. The number of rotatable bonds is 3. The summed E-state index contributed by atoms with van der Waals surface area (Å²) in [6.07, 6.45) is 1.43. The van der Waals surface area contributed by atoms with Crippen molar-refractivity contribution in [2.24, 2.45) is 0 Å². The van der Waals surface area contributed by atoms with Crippen molar-refractivity contribution in [1.82, 2.24) is 10.3 Å². The minimum atomic E-state index is -0.564. The van der Waals surface area contributed by atoms with E-state index >= 15 is 0 Å². The van der Waals surface area contributed by atoms with Crippen LogP contribution in [0.5, 0.6) is 0 Å². The van der Waals surface area contributed by atoms with Gasteiger partial charge in [-0.2, -0.15) is 4.39 Å². The van der Waals surface area contributed by atoms with Gasteiger partial charge in [-0.15, -0.1) is 0 Å². The van der Waals surface area contributed by atoms with Gasteiger partial charge in [-0.05, 0) is 41.5 Å². The van der Waals surface area contributed by atoms with Gasteiger partial charge in [0.2, 0.25) is 5.95 Å². The first-order valence-electron chi connectivity index (χ1n) is 8.06. The highest BCUT2D eigenvalue weighted by Gasteiger charge is 2.27. The third-order valence-corrected chi connectivity index (χ3v) is 4.29. The zero-order valence-electron chi connectivity index (χ0n) is 13.6. The summed E-state index contributed by atoms with van der Waals surface area (Å²) in [5, 5.41) is 5.58. The summed E-state index contributed by atoms with van der Waals surface area (Å²) in [6, 6.07) is 15.2. The summed E-state index contributed by atoms with van der Waals surface area (Å²) in [6.45, 7) is 0.343. The topological polar surface area (TPSA) is 71.1 Å². The zero-order valence-corrected chi connectivity index (χ0v) is 13.6. The normalized spacial score (nSPS) is 12.4. The Hall–Kier alpha value is -3.54. The van der Waals surface area contributed by atoms with Crippen molar-refractivity contribution in [3.63, 3.8) is 0 Å². The molecule has 3 aromatic rings. The predicted molar refractivity (Wildman–Crippen MR) is 95.2 cm³/mol. The molecule has 0 saturated heterocycles. The van der Waals surface area contributed by atoms with Crippen molar-refractivity contribution in [3.05, 3.63) is 83.4 Å². The Labute approximate surface area is 148 Å². The molecule has 0 aliphatic carbocycles. The largest absolute Gasteiger partial charge is 0.348 e. The molecule has 4 rings (SSSR count). The Balaban J connectivity index is 1.74. The molecular weight excluding hydrogens is 333 g/mol. The van der Waals surface area contributed by atoms with Crippen LogP contribution in [-0.4, -0.2) is 16.8 Å². The summed E-state index contributed by atoms with van der Waals surface area (Å²) in [5.41, 5.74) is 3.63. The van der Waals surface area contributed by atoms with E-state index < -0.39 is 5.95 Å². The molecule has 0 radical (unpaired) electrons. The van der Waals surface area contributed by atoms with Gasteiger partial charge in [-0.3, -0.25) is 9.59 Å². The fourth-order valence-corrected chi connectivity index (χ4v) is 3.04. The van der Waals surface area contributed by atoms with Crippen LogP contribution in [0, 0.1) is 5.95 Å². The Kier molecular flexibility index (Phi) is 3.93. The van der Waals surface area contributed by atoms with E-state index in [2.05, 4.69) is 15.6 Å². The summed E-state index contributed by atoms with van der Waals surface area (Å²) in [7, 11) is 0. The van der Waals surface area contributed by atoms with Crippen LogP contribution in [0.2, 0.25) is 0 Å².